The van der Waals surface area contributed by atoms with Crippen molar-refractivity contribution in [3.8, 4) is 0 Å². The Kier molecular flexibility index (Phi) is 7.90. The van der Waals surface area contributed by atoms with Gasteiger partial charge >= 0.3 is 5.97 Å². The van der Waals surface area contributed by atoms with Crippen molar-refractivity contribution in [1.29, 1.82) is 0 Å². The molecule has 0 aromatic heterocycles. The summed E-state index contributed by atoms with van der Waals surface area (Å²) in [5.74, 6) is 0.0739. The van der Waals surface area contributed by atoms with Crippen molar-refractivity contribution in [3.63, 3.8) is 0 Å². The number of esters is 1. The fraction of sp³-hybridized carbons (Fsp3) is 0.433. The minimum absolute atomic E-state index is 0.125. The molecule has 5 nitrogen and oxygen atoms in total. The van der Waals surface area contributed by atoms with E-state index in [9.17, 15) is 9.90 Å². The zero-order chi connectivity index (χ0) is 25.0. The molecule has 1 fully saturated rings. The third kappa shape index (κ3) is 6.69. The Morgan fingerprint density at radius 1 is 1.09 bits per heavy atom. The molecule has 5 heteroatoms. The highest BCUT2D eigenvalue weighted by atomic mass is 16.5. The fourth-order valence-electron chi connectivity index (χ4n) is 4.66. The lowest BCUT2D eigenvalue weighted by molar-refractivity contribution is -0.0214. The van der Waals surface area contributed by atoms with E-state index in [2.05, 4.69) is 61.6 Å². The number of carbonyl (C=O) groups excluding carboxylic acids is 1. The summed E-state index contributed by atoms with van der Waals surface area (Å²) in [7, 11) is 1.39. The number of ether oxygens (including phenoxy) is 2. The number of hydrogen-bond donors (Lipinski definition) is 2. The molecule has 1 aliphatic carbocycles. The van der Waals surface area contributed by atoms with Crippen LogP contribution in [0.1, 0.15) is 59.8 Å². The van der Waals surface area contributed by atoms with Gasteiger partial charge in [0.1, 0.15) is 0 Å². The second-order valence-electron chi connectivity index (χ2n) is 10.4. The van der Waals surface area contributed by atoms with Crippen LogP contribution < -0.4 is 5.32 Å². The molecule has 2 N–H and O–H groups in total. The number of benzene rings is 3. The third-order valence-corrected chi connectivity index (χ3v) is 6.80. The summed E-state index contributed by atoms with van der Waals surface area (Å²) in [5, 5.41) is 16.7. The molecule has 1 saturated carbocycles. The lowest BCUT2D eigenvalue weighted by atomic mass is 9.93. The SMILES string of the molecule is COC(=O)c1ccc(C)c(C(OC[C@H](O)CNC(C)(C)Cc2ccc3ccccc3c2)C2CC2)c1. The van der Waals surface area contributed by atoms with Crippen LogP contribution in [0.5, 0.6) is 0 Å². The Labute approximate surface area is 208 Å². The molecule has 0 saturated heterocycles. The highest BCUT2D eigenvalue weighted by Crippen LogP contribution is 2.44. The Hall–Kier alpha value is -2.73. The van der Waals surface area contributed by atoms with Gasteiger partial charge in [0.25, 0.3) is 0 Å². The fourth-order valence-corrected chi connectivity index (χ4v) is 4.66. The first-order valence-corrected chi connectivity index (χ1v) is 12.5. The molecule has 0 aliphatic heterocycles. The quantitative estimate of drug-likeness (QED) is 0.365. The van der Waals surface area contributed by atoms with Crippen molar-refractivity contribution < 1.29 is 19.4 Å². The number of aryl methyl sites for hydroxylation is 1. The van der Waals surface area contributed by atoms with Gasteiger partial charge in [0.2, 0.25) is 0 Å². The second kappa shape index (κ2) is 10.9. The van der Waals surface area contributed by atoms with Gasteiger partial charge in [-0.3, -0.25) is 0 Å². The lowest BCUT2D eigenvalue weighted by Crippen LogP contribution is -2.46. The molecular formula is C30H37NO4. The zero-order valence-electron chi connectivity index (χ0n) is 21.2. The summed E-state index contributed by atoms with van der Waals surface area (Å²) in [6.07, 6.45) is 2.30. The summed E-state index contributed by atoms with van der Waals surface area (Å²) < 4.78 is 11.1. The van der Waals surface area contributed by atoms with E-state index >= 15 is 0 Å². The van der Waals surface area contributed by atoms with Gasteiger partial charge in [-0.15, -0.1) is 0 Å². The number of rotatable bonds is 11. The monoisotopic (exact) mass is 475 g/mol. The van der Waals surface area contributed by atoms with Crippen molar-refractivity contribution in [2.45, 2.75) is 57.8 Å². The maximum atomic E-state index is 12.0. The number of aliphatic hydroxyl groups excluding tert-OH is 1. The summed E-state index contributed by atoms with van der Waals surface area (Å²) in [6.45, 7) is 7.03. The number of aliphatic hydroxyl groups is 1. The standard InChI is InChI=1S/C30H37NO4/c1-20-9-11-25(29(33)34-4)16-27(20)28(23-13-14-23)35-19-26(32)18-31-30(2,3)17-21-10-12-22-7-5-6-8-24(22)15-21/h5-12,15-16,23,26,28,31-32H,13-14,17-19H2,1-4H3/t26-,28?/m1/s1. The van der Waals surface area contributed by atoms with E-state index in [1.54, 1.807) is 6.07 Å². The van der Waals surface area contributed by atoms with Crippen molar-refractivity contribution >= 4 is 16.7 Å². The van der Waals surface area contributed by atoms with E-state index in [0.717, 1.165) is 30.4 Å². The second-order valence-corrected chi connectivity index (χ2v) is 10.4. The summed E-state index contributed by atoms with van der Waals surface area (Å²) in [6, 6.07) is 20.6. The predicted octanol–water partition coefficient (Wildman–Crippen LogP) is 5.37. The van der Waals surface area contributed by atoms with Crippen LogP contribution in [0, 0.1) is 12.8 Å². The van der Waals surface area contributed by atoms with E-state index in [4.69, 9.17) is 9.47 Å². The van der Waals surface area contributed by atoms with Crippen LogP contribution in [0.3, 0.4) is 0 Å². The Bertz CT molecular complexity index is 1170. The molecular weight excluding hydrogens is 438 g/mol. The number of hydrogen-bond acceptors (Lipinski definition) is 5. The minimum atomic E-state index is -0.628. The Morgan fingerprint density at radius 3 is 2.54 bits per heavy atom. The Morgan fingerprint density at radius 2 is 1.83 bits per heavy atom. The highest BCUT2D eigenvalue weighted by molar-refractivity contribution is 5.89. The van der Waals surface area contributed by atoms with Crippen LogP contribution in [0.25, 0.3) is 10.8 Å². The third-order valence-electron chi connectivity index (χ3n) is 6.80. The molecule has 0 heterocycles. The van der Waals surface area contributed by atoms with Crippen LogP contribution in [-0.4, -0.2) is 43.0 Å². The number of fused-ring (bicyclic) bond motifs is 1. The van der Waals surface area contributed by atoms with E-state index in [1.807, 2.05) is 19.1 Å². The zero-order valence-corrected chi connectivity index (χ0v) is 21.2. The van der Waals surface area contributed by atoms with Crippen LogP contribution in [0.4, 0.5) is 0 Å². The molecule has 2 atom stereocenters. The maximum Gasteiger partial charge on any atom is 0.337 e. The van der Waals surface area contributed by atoms with Crippen molar-refractivity contribution in [2.75, 3.05) is 20.3 Å². The normalized spacial score (nSPS) is 15.7. The average molecular weight is 476 g/mol. The molecule has 186 valence electrons. The Balaban J connectivity index is 1.33. The molecule has 0 radical (unpaired) electrons. The first-order valence-electron chi connectivity index (χ1n) is 12.5. The van der Waals surface area contributed by atoms with Crippen LogP contribution in [0.2, 0.25) is 0 Å². The van der Waals surface area contributed by atoms with Crippen LogP contribution in [0.15, 0.2) is 60.7 Å². The van der Waals surface area contributed by atoms with Crippen molar-refractivity contribution in [1.82, 2.24) is 5.32 Å². The molecule has 4 rings (SSSR count). The molecule has 0 amide bonds. The smallest absolute Gasteiger partial charge is 0.337 e. The first-order chi connectivity index (χ1) is 16.8. The van der Waals surface area contributed by atoms with Gasteiger partial charge in [-0.25, -0.2) is 4.79 Å². The van der Waals surface area contributed by atoms with E-state index < -0.39 is 6.10 Å². The maximum absolute atomic E-state index is 12.0. The number of nitrogens with one attached hydrogen (secondary N) is 1. The van der Waals surface area contributed by atoms with Crippen LogP contribution >= 0.6 is 0 Å². The molecule has 0 bridgehead atoms. The number of β-amino-alcohol motifs (C(OH)–C–C–N with tert-alkyl or cyclic N) is 1. The van der Waals surface area contributed by atoms with Gasteiger partial charge in [-0.2, -0.15) is 0 Å². The summed E-state index contributed by atoms with van der Waals surface area (Å²) in [4.78, 5) is 12.0. The number of carbonyl (C=O) groups is 1. The molecule has 0 spiro atoms. The predicted molar refractivity (Wildman–Crippen MR) is 140 cm³/mol. The molecule has 3 aromatic carbocycles. The van der Waals surface area contributed by atoms with Crippen molar-refractivity contribution in [3.05, 3.63) is 82.9 Å². The largest absolute Gasteiger partial charge is 0.465 e. The molecule has 1 aliphatic rings. The van der Waals surface area contributed by atoms with Gasteiger partial charge in [0, 0.05) is 12.1 Å². The van der Waals surface area contributed by atoms with Gasteiger partial charge < -0.3 is 19.9 Å². The average Bonchev–Trinajstić information content (AvgIpc) is 3.68. The number of methoxy groups -OCH3 is 1. The van der Waals surface area contributed by atoms with E-state index in [0.29, 0.717) is 18.0 Å². The van der Waals surface area contributed by atoms with Crippen LogP contribution in [-0.2, 0) is 15.9 Å². The highest BCUT2D eigenvalue weighted by Gasteiger charge is 2.35. The van der Waals surface area contributed by atoms with E-state index in [1.165, 1.54) is 23.4 Å². The summed E-state index contributed by atoms with van der Waals surface area (Å²) in [5.41, 5.74) is 3.71. The first kappa shape index (κ1) is 25.4. The van der Waals surface area contributed by atoms with Gasteiger partial charge in [0.05, 0.1) is 31.5 Å². The molecule has 3 aromatic rings. The lowest BCUT2D eigenvalue weighted by Gasteiger charge is -2.29. The van der Waals surface area contributed by atoms with E-state index in [-0.39, 0.29) is 24.2 Å². The van der Waals surface area contributed by atoms with Crippen molar-refractivity contribution in [2.24, 2.45) is 5.92 Å². The molecule has 1 unspecified atom stereocenters. The summed E-state index contributed by atoms with van der Waals surface area (Å²) >= 11 is 0. The van der Waals surface area contributed by atoms with Gasteiger partial charge in [-0.05, 0) is 85.5 Å². The molecule has 35 heavy (non-hydrogen) atoms. The minimum Gasteiger partial charge on any atom is -0.465 e. The van der Waals surface area contributed by atoms with Gasteiger partial charge in [-0.1, -0.05) is 48.5 Å². The topological polar surface area (TPSA) is 67.8 Å². The van der Waals surface area contributed by atoms with Gasteiger partial charge in [0.15, 0.2) is 0 Å².